The number of rotatable bonds is 2. The van der Waals surface area contributed by atoms with Crippen LogP contribution in [0.4, 0.5) is 0 Å². The Morgan fingerprint density at radius 2 is 2.05 bits per heavy atom. The molecule has 0 atom stereocenters. The summed E-state index contributed by atoms with van der Waals surface area (Å²) in [5, 5.41) is 0.613. The lowest BCUT2D eigenvalue weighted by atomic mass is 10.2. The number of amides is 1. The molecular formula is C14H14BrClN2O. The van der Waals surface area contributed by atoms with Crippen molar-refractivity contribution in [1.82, 2.24) is 9.80 Å². The van der Waals surface area contributed by atoms with Gasteiger partial charge in [0.15, 0.2) is 0 Å². The van der Waals surface area contributed by atoms with Crippen LogP contribution in [0.2, 0.25) is 5.02 Å². The first-order valence-electron chi connectivity index (χ1n) is 6.02. The SMILES string of the molecule is C#CCN1CCN(C(=O)c2ccc(Cl)cc2Br)CC1. The summed E-state index contributed by atoms with van der Waals surface area (Å²) < 4.78 is 0.732. The van der Waals surface area contributed by atoms with Gasteiger partial charge in [-0.05, 0) is 34.1 Å². The predicted octanol–water partition coefficient (Wildman–Crippen LogP) is 2.49. The molecule has 0 radical (unpaired) electrons. The van der Waals surface area contributed by atoms with E-state index in [-0.39, 0.29) is 5.91 Å². The van der Waals surface area contributed by atoms with Gasteiger partial charge in [-0.25, -0.2) is 0 Å². The summed E-state index contributed by atoms with van der Waals surface area (Å²) in [5.74, 6) is 2.66. The number of carbonyl (C=O) groups is 1. The van der Waals surface area contributed by atoms with E-state index in [1.165, 1.54) is 0 Å². The van der Waals surface area contributed by atoms with Gasteiger partial charge in [0, 0.05) is 35.7 Å². The third-order valence-electron chi connectivity index (χ3n) is 3.14. The van der Waals surface area contributed by atoms with Crippen molar-refractivity contribution < 1.29 is 4.79 Å². The minimum Gasteiger partial charge on any atom is -0.336 e. The average Bonchev–Trinajstić information content (AvgIpc) is 2.39. The lowest BCUT2D eigenvalue weighted by molar-refractivity contribution is 0.0651. The Balaban J connectivity index is 2.03. The van der Waals surface area contributed by atoms with Crippen molar-refractivity contribution >= 4 is 33.4 Å². The number of hydrogen-bond acceptors (Lipinski definition) is 2. The molecule has 1 aliphatic rings. The third-order valence-corrected chi connectivity index (χ3v) is 4.03. The van der Waals surface area contributed by atoms with Crippen LogP contribution in [-0.4, -0.2) is 48.4 Å². The van der Waals surface area contributed by atoms with Crippen LogP contribution in [0.3, 0.4) is 0 Å². The summed E-state index contributed by atoms with van der Waals surface area (Å²) in [5.41, 5.74) is 0.648. The van der Waals surface area contributed by atoms with Gasteiger partial charge in [-0.3, -0.25) is 9.69 Å². The van der Waals surface area contributed by atoms with E-state index in [1.54, 1.807) is 18.2 Å². The second kappa shape index (κ2) is 6.42. The number of hydrogen-bond donors (Lipinski definition) is 0. The number of carbonyl (C=O) groups excluding carboxylic acids is 1. The van der Waals surface area contributed by atoms with Crippen molar-refractivity contribution in [2.24, 2.45) is 0 Å². The summed E-state index contributed by atoms with van der Waals surface area (Å²) in [4.78, 5) is 16.4. The van der Waals surface area contributed by atoms with E-state index in [1.807, 2.05) is 4.90 Å². The standard InChI is InChI=1S/C14H14BrClN2O/c1-2-5-17-6-8-18(9-7-17)14(19)12-4-3-11(16)10-13(12)15/h1,3-4,10H,5-9H2. The molecule has 5 heteroatoms. The highest BCUT2D eigenvalue weighted by molar-refractivity contribution is 9.10. The van der Waals surface area contributed by atoms with Gasteiger partial charge in [-0.15, -0.1) is 6.42 Å². The maximum atomic E-state index is 12.4. The van der Waals surface area contributed by atoms with E-state index in [0.717, 1.165) is 17.6 Å². The molecule has 0 aliphatic carbocycles. The van der Waals surface area contributed by atoms with Crippen LogP contribution in [-0.2, 0) is 0 Å². The van der Waals surface area contributed by atoms with Crippen molar-refractivity contribution in [3.8, 4) is 12.3 Å². The first-order valence-corrected chi connectivity index (χ1v) is 7.19. The highest BCUT2D eigenvalue weighted by Crippen LogP contribution is 2.23. The fourth-order valence-corrected chi connectivity index (χ4v) is 2.92. The maximum absolute atomic E-state index is 12.4. The molecular weight excluding hydrogens is 328 g/mol. The number of terminal acetylenes is 1. The molecule has 100 valence electrons. The van der Waals surface area contributed by atoms with Gasteiger partial charge in [0.1, 0.15) is 0 Å². The number of benzene rings is 1. The van der Waals surface area contributed by atoms with Crippen molar-refractivity contribution in [1.29, 1.82) is 0 Å². The van der Waals surface area contributed by atoms with E-state index in [0.29, 0.717) is 30.2 Å². The first kappa shape index (κ1) is 14.4. The topological polar surface area (TPSA) is 23.6 Å². The van der Waals surface area contributed by atoms with Crippen LogP contribution < -0.4 is 0 Å². The number of nitrogens with zero attached hydrogens (tertiary/aromatic N) is 2. The number of halogens is 2. The van der Waals surface area contributed by atoms with Crippen LogP contribution in [0.1, 0.15) is 10.4 Å². The molecule has 1 aromatic rings. The monoisotopic (exact) mass is 340 g/mol. The first-order chi connectivity index (χ1) is 9.11. The molecule has 0 bridgehead atoms. The molecule has 2 rings (SSSR count). The molecule has 0 aromatic heterocycles. The van der Waals surface area contributed by atoms with Gasteiger partial charge in [-0.2, -0.15) is 0 Å². The maximum Gasteiger partial charge on any atom is 0.255 e. The minimum atomic E-state index is 0.0314. The van der Waals surface area contributed by atoms with E-state index >= 15 is 0 Å². The summed E-state index contributed by atoms with van der Waals surface area (Å²) in [6.07, 6.45) is 5.29. The highest BCUT2D eigenvalue weighted by atomic mass is 79.9. The van der Waals surface area contributed by atoms with E-state index in [2.05, 4.69) is 26.8 Å². The lowest BCUT2D eigenvalue weighted by Gasteiger charge is -2.33. The van der Waals surface area contributed by atoms with Gasteiger partial charge < -0.3 is 4.90 Å². The van der Waals surface area contributed by atoms with Gasteiger partial charge in [0.2, 0.25) is 0 Å². The molecule has 0 spiro atoms. The van der Waals surface area contributed by atoms with Gasteiger partial charge in [0.25, 0.3) is 5.91 Å². The van der Waals surface area contributed by atoms with Gasteiger partial charge in [-0.1, -0.05) is 17.5 Å². The summed E-state index contributed by atoms with van der Waals surface area (Å²) >= 11 is 9.26. The Morgan fingerprint density at radius 3 is 2.63 bits per heavy atom. The Hall–Kier alpha value is -1.02. The van der Waals surface area contributed by atoms with Crippen molar-refractivity contribution in [2.45, 2.75) is 0 Å². The number of piperazine rings is 1. The molecule has 3 nitrogen and oxygen atoms in total. The summed E-state index contributed by atoms with van der Waals surface area (Å²) in [6, 6.07) is 5.22. The molecule has 1 aliphatic heterocycles. The van der Waals surface area contributed by atoms with E-state index < -0.39 is 0 Å². The Bertz CT molecular complexity index is 519. The largest absolute Gasteiger partial charge is 0.336 e. The van der Waals surface area contributed by atoms with Crippen LogP contribution >= 0.6 is 27.5 Å². The van der Waals surface area contributed by atoms with Crippen LogP contribution in [0, 0.1) is 12.3 Å². The normalized spacial score (nSPS) is 16.2. The molecule has 0 unspecified atom stereocenters. The van der Waals surface area contributed by atoms with Crippen LogP contribution in [0.5, 0.6) is 0 Å². The zero-order valence-corrected chi connectivity index (χ0v) is 12.7. The second-order valence-corrected chi connectivity index (χ2v) is 5.69. The summed E-state index contributed by atoms with van der Waals surface area (Å²) in [7, 11) is 0. The molecule has 1 heterocycles. The summed E-state index contributed by atoms with van der Waals surface area (Å²) in [6.45, 7) is 3.69. The minimum absolute atomic E-state index is 0.0314. The molecule has 1 fully saturated rings. The highest BCUT2D eigenvalue weighted by Gasteiger charge is 2.22. The molecule has 1 saturated heterocycles. The van der Waals surface area contributed by atoms with Gasteiger partial charge in [0.05, 0.1) is 12.1 Å². The van der Waals surface area contributed by atoms with Crippen LogP contribution in [0.25, 0.3) is 0 Å². The fourth-order valence-electron chi connectivity index (χ4n) is 2.07. The zero-order valence-electron chi connectivity index (χ0n) is 10.4. The van der Waals surface area contributed by atoms with Crippen molar-refractivity contribution in [3.63, 3.8) is 0 Å². The van der Waals surface area contributed by atoms with Gasteiger partial charge >= 0.3 is 0 Å². The van der Waals surface area contributed by atoms with Crippen molar-refractivity contribution in [2.75, 3.05) is 32.7 Å². The Labute approximate surface area is 126 Å². The molecule has 0 N–H and O–H groups in total. The molecule has 0 saturated carbocycles. The quantitative estimate of drug-likeness (QED) is 0.772. The molecule has 1 amide bonds. The Kier molecular flexibility index (Phi) is 4.87. The predicted molar refractivity (Wildman–Crippen MR) is 80.3 cm³/mol. The van der Waals surface area contributed by atoms with E-state index in [4.69, 9.17) is 18.0 Å². The van der Waals surface area contributed by atoms with Crippen LogP contribution in [0.15, 0.2) is 22.7 Å². The Morgan fingerprint density at radius 1 is 1.37 bits per heavy atom. The van der Waals surface area contributed by atoms with E-state index in [9.17, 15) is 4.79 Å². The fraction of sp³-hybridized carbons (Fsp3) is 0.357. The lowest BCUT2D eigenvalue weighted by Crippen LogP contribution is -2.48. The molecule has 1 aromatic carbocycles. The second-order valence-electron chi connectivity index (χ2n) is 4.40. The average molecular weight is 342 g/mol. The van der Waals surface area contributed by atoms with Crippen molar-refractivity contribution in [3.05, 3.63) is 33.3 Å². The molecule has 19 heavy (non-hydrogen) atoms. The smallest absolute Gasteiger partial charge is 0.255 e. The third kappa shape index (κ3) is 3.50. The zero-order chi connectivity index (χ0) is 13.8.